The Morgan fingerprint density at radius 1 is 1.38 bits per heavy atom. The standard InChI is InChI=1S/C11H11BrF2O2/c12-7-5-8(13)6(4-9(7)14)11(15)10-2-1-3-16-10/h4-5,10-11,15H,1-3H2. The van der Waals surface area contributed by atoms with Gasteiger partial charge >= 0.3 is 0 Å². The smallest absolute Gasteiger partial charge is 0.137 e. The molecular weight excluding hydrogens is 282 g/mol. The summed E-state index contributed by atoms with van der Waals surface area (Å²) < 4.78 is 32.1. The zero-order valence-corrected chi connectivity index (χ0v) is 10.0. The summed E-state index contributed by atoms with van der Waals surface area (Å²) in [7, 11) is 0. The number of benzene rings is 1. The van der Waals surface area contributed by atoms with E-state index < -0.39 is 23.8 Å². The molecule has 1 saturated heterocycles. The van der Waals surface area contributed by atoms with Crippen molar-refractivity contribution in [3.63, 3.8) is 0 Å². The summed E-state index contributed by atoms with van der Waals surface area (Å²) in [6.45, 7) is 0.558. The fourth-order valence-electron chi connectivity index (χ4n) is 1.82. The largest absolute Gasteiger partial charge is 0.386 e. The quantitative estimate of drug-likeness (QED) is 0.850. The van der Waals surface area contributed by atoms with Gasteiger partial charge in [0.05, 0.1) is 10.6 Å². The van der Waals surface area contributed by atoms with Crippen molar-refractivity contribution in [1.82, 2.24) is 0 Å². The number of ether oxygens (including phenoxy) is 1. The third-order valence-electron chi connectivity index (χ3n) is 2.68. The normalized spacial score (nSPS) is 22.4. The van der Waals surface area contributed by atoms with Gasteiger partial charge in [-0.25, -0.2) is 8.78 Å². The van der Waals surface area contributed by atoms with E-state index in [0.717, 1.165) is 18.6 Å². The lowest BCUT2D eigenvalue weighted by atomic mass is 10.0. The van der Waals surface area contributed by atoms with E-state index in [0.29, 0.717) is 13.0 Å². The second-order valence-corrected chi connectivity index (χ2v) is 4.64. The lowest BCUT2D eigenvalue weighted by molar-refractivity contribution is -0.00442. The van der Waals surface area contributed by atoms with E-state index in [1.54, 1.807) is 0 Å². The summed E-state index contributed by atoms with van der Waals surface area (Å²) >= 11 is 2.88. The molecule has 16 heavy (non-hydrogen) atoms. The molecule has 0 saturated carbocycles. The van der Waals surface area contributed by atoms with Crippen molar-refractivity contribution in [1.29, 1.82) is 0 Å². The zero-order chi connectivity index (χ0) is 11.7. The van der Waals surface area contributed by atoms with Crippen LogP contribution in [0.4, 0.5) is 8.78 Å². The predicted molar refractivity (Wildman–Crippen MR) is 58.0 cm³/mol. The number of hydrogen-bond donors (Lipinski definition) is 1. The Balaban J connectivity index is 2.28. The van der Waals surface area contributed by atoms with Gasteiger partial charge in [-0.15, -0.1) is 0 Å². The molecule has 0 aromatic heterocycles. The van der Waals surface area contributed by atoms with Gasteiger partial charge in [0.25, 0.3) is 0 Å². The van der Waals surface area contributed by atoms with Crippen LogP contribution in [-0.4, -0.2) is 17.8 Å². The molecule has 1 fully saturated rings. The number of rotatable bonds is 2. The summed E-state index contributed by atoms with van der Waals surface area (Å²) in [5.74, 6) is -1.22. The molecule has 2 unspecified atom stereocenters. The molecule has 2 rings (SSSR count). The average Bonchev–Trinajstić information content (AvgIpc) is 2.75. The summed E-state index contributed by atoms with van der Waals surface area (Å²) in [6, 6.07) is 2.02. The van der Waals surface area contributed by atoms with Crippen LogP contribution >= 0.6 is 15.9 Å². The monoisotopic (exact) mass is 292 g/mol. The Bertz CT molecular complexity index is 392. The van der Waals surface area contributed by atoms with Crippen LogP contribution in [0.3, 0.4) is 0 Å². The van der Waals surface area contributed by atoms with Crippen LogP contribution in [0.2, 0.25) is 0 Å². The predicted octanol–water partition coefficient (Wildman–Crippen LogP) is 2.94. The molecule has 1 aromatic rings. The molecule has 0 radical (unpaired) electrons. The Labute approximate surface area is 100 Å². The van der Waals surface area contributed by atoms with Crippen LogP contribution in [0.1, 0.15) is 24.5 Å². The average molecular weight is 293 g/mol. The van der Waals surface area contributed by atoms with Gasteiger partial charge < -0.3 is 9.84 Å². The van der Waals surface area contributed by atoms with Crippen LogP contribution in [0.5, 0.6) is 0 Å². The lowest BCUT2D eigenvalue weighted by Gasteiger charge is -2.18. The Morgan fingerprint density at radius 2 is 2.12 bits per heavy atom. The van der Waals surface area contributed by atoms with Crippen molar-refractivity contribution >= 4 is 15.9 Å². The van der Waals surface area contributed by atoms with E-state index in [9.17, 15) is 13.9 Å². The van der Waals surface area contributed by atoms with Gasteiger partial charge in [-0.05, 0) is 40.9 Å². The molecular formula is C11H11BrF2O2. The van der Waals surface area contributed by atoms with E-state index >= 15 is 0 Å². The minimum atomic E-state index is -1.11. The van der Waals surface area contributed by atoms with E-state index in [4.69, 9.17) is 4.74 Å². The SMILES string of the molecule is OC(c1cc(F)c(Br)cc1F)C1CCCO1. The highest BCUT2D eigenvalue weighted by molar-refractivity contribution is 9.10. The van der Waals surface area contributed by atoms with Crippen LogP contribution in [0.15, 0.2) is 16.6 Å². The first kappa shape index (κ1) is 12.0. The van der Waals surface area contributed by atoms with E-state index in [-0.39, 0.29) is 10.0 Å². The molecule has 1 aromatic carbocycles. The summed E-state index contributed by atoms with van der Waals surface area (Å²) in [4.78, 5) is 0. The highest BCUT2D eigenvalue weighted by Gasteiger charge is 2.28. The first-order valence-corrected chi connectivity index (χ1v) is 5.83. The van der Waals surface area contributed by atoms with Crippen LogP contribution in [0.25, 0.3) is 0 Å². The molecule has 5 heteroatoms. The zero-order valence-electron chi connectivity index (χ0n) is 8.42. The molecule has 1 heterocycles. The lowest BCUT2D eigenvalue weighted by Crippen LogP contribution is -2.18. The molecule has 1 aliphatic rings. The third kappa shape index (κ3) is 2.26. The number of hydrogen-bond acceptors (Lipinski definition) is 2. The molecule has 1 N–H and O–H groups in total. The molecule has 0 amide bonds. The van der Waals surface area contributed by atoms with Crippen molar-refractivity contribution in [2.75, 3.05) is 6.61 Å². The van der Waals surface area contributed by atoms with Crippen molar-refractivity contribution in [3.05, 3.63) is 33.8 Å². The summed E-state index contributed by atoms with van der Waals surface area (Å²) in [5.41, 5.74) is -0.0485. The van der Waals surface area contributed by atoms with Gasteiger partial charge in [0.2, 0.25) is 0 Å². The number of aliphatic hydroxyl groups is 1. The van der Waals surface area contributed by atoms with Crippen LogP contribution < -0.4 is 0 Å². The molecule has 88 valence electrons. The molecule has 2 atom stereocenters. The van der Waals surface area contributed by atoms with Crippen molar-refractivity contribution < 1.29 is 18.6 Å². The van der Waals surface area contributed by atoms with Gasteiger partial charge in [0, 0.05) is 12.2 Å². The maximum atomic E-state index is 13.5. The molecule has 2 nitrogen and oxygen atoms in total. The fourth-order valence-corrected chi connectivity index (χ4v) is 2.13. The summed E-state index contributed by atoms with van der Waals surface area (Å²) in [5, 5.41) is 9.87. The van der Waals surface area contributed by atoms with Crippen molar-refractivity contribution in [3.8, 4) is 0 Å². The van der Waals surface area contributed by atoms with Crippen LogP contribution in [0, 0.1) is 11.6 Å². The van der Waals surface area contributed by atoms with E-state index in [1.807, 2.05) is 0 Å². The molecule has 1 aliphatic heterocycles. The minimum Gasteiger partial charge on any atom is -0.386 e. The Hall–Kier alpha value is -0.520. The molecule has 0 aliphatic carbocycles. The van der Waals surface area contributed by atoms with Gasteiger partial charge in [0.1, 0.15) is 17.7 Å². The second-order valence-electron chi connectivity index (χ2n) is 3.78. The number of halogens is 3. The Kier molecular flexibility index (Phi) is 3.56. The van der Waals surface area contributed by atoms with Crippen LogP contribution in [-0.2, 0) is 4.74 Å². The third-order valence-corrected chi connectivity index (χ3v) is 3.28. The second kappa shape index (κ2) is 4.77. The first-order valence-electron chi connectivity index (χ1n) is 5.03. The minimum absolute atomic E-state index is 0.0485. The first-order chi connectivity index (χ1) is 7.59. The fraction of sp³-hybridized carbons (Fsp3) is 0.455. The van der Waals surface area contributed by atoms with Gasteiger partial charge in [-0.3, -0.25) is 0 Å². The van der Waals surface area contributed by atoms with Gasteiger partial charge in [-0.1, -0.05) is 0 Å². The Morgan fingerprint density at radius 3 is 2.75 bits per heavy atom. The topological polar surface area (TPSA) is 29.5 Å². The maximum Gasteiger partial charge on any atom is 0.137 e. The summed E-state index contributed by atoms with van der Waals surface area (Å²) in [6.07, 6.45) is -0.0409. The highest BCUT2D eigenvalue weighted by atomic mass is 79.9. The number of aliphatic hydroxyl groups excluding tert-OH is 1. The van der Waals surface area contributed by atoms with Crippen molar-refractivity contribution in [2.24, 2.45) is 0 Å². The van der Waals surface area contributed by atoms with Gasteiger partial charge in [0.15, 0.2) is 0 Å². The molecule has 0 bridgehead atoms. The van der Waals surface area contributed by atoms with Gasteiger partial charge in [-0.2, -0.15) is 0 Å². The van der Waals surface area contributed by atoms with Crippen molar-refractivity contribution in [2.45, 2.75) is 25.0 Å². The highest BCUT2D eigenvalue weighted by Crippen LogP contribution is 2.30. The maximum absolute atomic E-state index is 13.5. The van der Waals surface area contributed by atoms with E-state index in [2.05, 4.69) is 15.9 Å². The molecule has 0 spiro atoms. The van der Waals surface area contributed by atoms with E-state index in [1.165, 1.54) is 0 Å².